The van der Waals surface area contributed by atoms with Gasteiger partial charge < -0.3 is 20.3 Å². The Balaban J connectivity index is 1.62. The fraction of sp³-hybridized carbons (Fsp3) is 0.150. The smallest absolute Gasteiger partial charge is 0.312 e. The van der Waals surface area contributed by atoms with Crippen LogP contribution >= 0.6 is 11.6 Å². The number of hydrazone groups is 1. The maximum atomic E-state index is 12.3. The Bertz CT molecular complexity index is 1110. The van der Waals surface area contributed by atoms with Crippen LogP contribution < -0.4 is 10.9 Å². The van der Waals surface area contributed by atoms with Gasteiger partial charge in [-0.2, -0.15) is 0 Å². The highest BCUT2D eigenvalue weighted by Gasteiger charge is 2.28. The standard InChI is InChI=1S/C20H16ClN3O4/c21-12-8-13-17(15(25)9-12)19(27)18-14(23-13)10-22-24-20(18)28-16(26)7-6-11-4-2-1-3-5-11/h1-5,8-9,22-23,27H,6-7,10H2. The molecule has 142 valence electrons. The molecule has 0 bridgehead atoms. The topological polar surface area (TPSA) is 104 Å². The molecule has 0 saturated carbocycles. The van der Waals surface area contributed by atoms with Gasteiger partial charge in [0.1, 0.15) is 11.3 Å². The second kappa shape index (κ2) is 7.36. The SMILES string of the molecule is O=C(CCc1ccccc1)OC1=NNCc2[nH]c3cc(Cl)cc(=O)c-3c(O)c21. The summed E-state index contributed by atoms with van der Waals surface area (Å²) < 4.78 is 5.37. The summed E-state index contributed by atoms with van der Waals surface area (Å²) in [6, 6.07) is 12.3. The third-order valence-electron chi connectivity index (χ3n) is 4.45. The predicted octanol–water partition coefficient (Wildman–Crippen LogP) is 2.78. The highest BCUT2D eigenvalue weighted by atomic mass is 35.5. The number of esters is 1. The molecule has 0 aromatic heterocycles. The number of H-pyrrole nitrogens is 1. The normalized spacial score (nSPS) is 12.8. The first kappa shape index (κ1) is 18.1. The summed E-state index contributed by atoms with van der Waals surface area (Å²) in [5.74, 6) is -0.860. The van der Waals surface area contributed by atoms with E-state index in [1.165, 1.54) is 6.07 Å². The molecule has 28 heavy (non-hydrogen) atoms. The minimum atomic E-state index is -0.491. The van der Waals surface area contributed by atoms with Crippen molar-refractivity contribution in [3.8, 4) is 17.0 Å². The van der Waals surface area contributed by atoms with Crippen LogP contribution in [-0.4, -0.2) is 22.0 Å². The van der Waals surface area contributed by atoms with Gasteiger partial charge in [0.15, 0.2) is 5.43 Å². The van der Waals surface area contributed by atoms with Crippen molar-refractivity contribution in [1.29, 1.82) is 0 Å². The Labute approximate surface area is 165 Å². The third-order valence-corrected chi connectivity index (χ3v) is 4.67. The van der Waals surface area contributed by atoms with Crippen LogP contribution in [0.1, 0.15) is 23.2 Å². The van der Waals surface area contributed by atoms with Gasteiger partial charge in [-0.05, 0) is 18.1 Å². The number of hydrogen-bond acceptors (Lipinski definition) is 6. The van der Waals surface area contributed by atoms with Crippen molar-refractivity contribution in [2.45, 2.75) is 19.4 Å². The van der Waals surface area contributed by atoms with Gasteiger partial charge in [-0.3, -0.25) is 9.59 Å². The molecule has 3 aliphatic rings. The quantitative estimate of drug-likeness (QED) is 0.589. The predicted molar refractivity (Wildman–Crippen MR) is 105 cm³/mol. The van der Waals surface area contributed by atoms with Gasteiger partial charge >= 0.3 is 5.97 Å². The van der Waals surface area contributed by atoms with Gasteiger partial charge in [0.2, 0.25) is 0 Å². The fourth-order valence-corrected chi connectivity index (χ4v) is 3.36. The summed E-state index contributed by atoms with van der Waals surface area (Å²) in [5, 5.41) is 15.0. The first-order chi connectivity index (χ1) is 13.5. The van der Waals surface area contributed by atoms with Crippen molar-refractivity contribution in [3.05, 3.63) is 74.5 Å². The first-order valence-corrected chi connectivity index (χ1v) is 9.03. The van der Waals surface area contributed by atoms with Gasteiger partial charge in [-0.1, -0.05) is 41.9 Å². The number of carbonyl (C=O) groups is 1. The largest absolute Gasteiger partial charge is 0.506 e. The number of aromatic nitrogens is 1. The molecule has 0 saturated heterocycles. The van der Waals surface area contributed by atoms with Crippen LogP contribution in [-0.2, 0) is 22.5 Å². The van der Waals surface area contributed by atoms with E-state index in [1.807, 2.05) is 30.3 Å². The maximum absolute atomic E-state index is 12.3. The number of nitrogens with zero attached hydrogens (tertiary/aromatic N) is 1. The van der Waals surface area contributed by atoms with Gasteiger partial charge in [0.25, 0.3) is 5.90 Å². The van der Waals surface area contributed by atoms with Crippen molar-refractivity contribution < 1.29 is 14.6 Å². The zero-order chi connectivity index (χ0) is 19.7. The number of nitrogens with one attached hydrogen (secondary N) is 2. The Kier molecular flexibility index (Phi) is 4.75. The van der Waals surface area contributed by atoms with Crippen LogP contribution in [0.5, 0.6) is 5.75 Å². The molecule has 1 aromatic rings. The minimum absolute atomic E-state index is 0.0677. The lowest BCUT2D eigenvalue weighted by atomic mass is 10.0. The molecular weight excluding hydrogens is 382 g/mol. The number of pyridine rings is 1. The average Bonchev–Trinajstić information content (AvgIpc) is 2.66. The second-order valence-corrected chi connectivity index (χ2v) is 6.80. The molecule has 2 aliphatic heterocycles. The highest BCUT2D eigenvalue weighted by molar-refractivity contribution is 6.31. The van der Waals surface area contributed by atoms with E-state index in [0.717, 1.165) is 5.56 Å². The fourth-order valence-electron chi connectivity index (χ4n) is 3.15. The van der Waals surface area contributed by atoms with Crippen molar-refractivity contribution in [2.24, 2.45) is 5.10 Å². The van der Waals surface area contributed by atoms with Gasteiger partial charge in [0, 0.05) is 11.1 Å². The summed E-state index contributed by atoms with van der Waals surface area (Å²) in [6.45, 7) is 0.268. The Morgan fingerprint density at radius 3 is 2.79 bits per heavy atom. The molecule has 0 unspecified atom stereocenters. The molecule has 4 rings (SSSR count). The molecular formula is C20H16ClN3O4. The molecule has 0 fully saturated rings. The number of hydrogen-bond donors (Lipinski definition) is 3. The number of fused-ring (bicyclic) bond motifs is 2. The van der Waals surface area contributed by atoms with E-state index in [2.05, 4.69) is 15.5 Å². The lowest BCUT2D eigenvalue weighted by Gasteiger charge is -2.21. The zero-order valence-electron chi connectivity index (χ0n) is 14.7. The monoisotopic (exact) mass is 397 g/mol. The molecule has 0 amide bonds. The number of aromatic amines is 1. The summed E-state index contributed by atoms with van der Waals surface area (Å²) in [7, 11) is 0. The Morgan fingerprint density at radius 2 is 2.00 bits per heavy atom. The third kappa shape index (κ3) is 3.44. The van der Waals surface area contributed by atoms with Gasteiger partial charge in [-0.25, -0.2) is 0 Å². The average molecular weight is 398 g/mol. The number of halogens is 1. The summed E-state index contributed by atoms with van der Waals surface area (Å²) in [4.78, 5) is 27.6. The van der Waals surface area contributed by atoms with Gasteiger partial charge in [0.05, 0.1) is 29.9 Å². The van der Waals surface area contributed by atoms with E-state index in [-0.39, 0.29) is 40.8 Å². The van der Waals surface area contributed by atoms with Crippen molar-refractivity contribution in [1.82, 2.24) is 10.4 Å². The first-order valence-electron chi connectivity index (χ1n) is 8.66. The molecule has 8 heteroatoms. The van der Waals surface area contributed by atoms with Crippen LogP contribution in [0, 0.1) is 0 Å². The lowest BCUT2D eigenvalue weighted by Crippen LogP contribution is -2.27. The summed E-state index contributed by atoms with van der Waals surface area (Å²) in [6.07, 6.45) is 0.672. The van der Waals surface area contributed by atoms with Crippen molar-refractivity contribution in [2.75, 3.05) is 0 Å². The van der Waals surface area contributed by atoms with Gasteiger partial charge in [-0.15, -0.1) is 5.10 Å². The molecule has 0 radical (unpaired) electrons. The molecule has 2 heterocycles. The minimum Gasteiger partial charge on any atom is -0.506 e. The Morgan fingerprint density at radius 1 is 1.21 bits per heavy atom. The Hall–Kier alpha value is -3.32. The number of rotatable bonds is 3. The van der Waals surface area contributed by atoms with Crippen LogP contribution in [0.3, 0.4) is 0 Å². The number of aromatic hydroxyl groups is 1. The van der Waals surface area contributed by atoms with Crippen molar-refractivity contribution in [3.63, 3.8) is 0 Å². The van der Waals surface area contributed by atoms with E-state index in [1.54, 1.807) is 6.07 Å². The zero-order valence-corrected chi connectivity index (χ0v) is 15.4. The van der Waals surface area contributed by atoms with Crippen LogP contribution in [0.2, 0.25) is 5.02 Å². The number of aryl methyl sites for hydroxylation is 1. The molecule has 0 atom stereocenters. The van der Waals surface area contributed by atoms with E-state index >= 15 is 0 Å². The summed E-state index contributed by atoms with van der Waals surface area (Å²) in [5.41, 5.74) is 4.51. The lowest BCUT2D eigenvalue weighted by molar-refractivity contribution is -0.135. The second-order valence-electron chi connectivity index (χ2n) is 6.37. The van der Waals surface area contributed by atoms with Crippen LogP contribution in [0.15, 0.2) is 52.4 Å². The van der Waals surface area contributed by atoms with E-state index in [0.29, 0.717) is 17.8 Å². The maximum Gasteiger partial charge on any atom is 0.312 e. The number of benzene rings is 2. The van der Waals surface area contributed by atoms with E-state index in [4.69, 9.17) is 16.3 Å². The molecule has 3 N–H and O–H groups in total. The van der Waals surface area contributed by atoms with E-state index < -0.39 is 11.4 Å². The molecule has 7 nitrogen and oxygen atoms in total. The molecule has 0 spiro atoms. The van der Waals surface area contributed by atoms with E-state index in [9.17, 15) is 14.7 Å². The number of carbonyl (C=O) groups excluding carboxylic acids is 1. The molecule has 1 aromatic carbocycles. The molecule has 1 aliphatic carbocycles. The van der Waals surface area contributed by atoms with Crippen LogP contribution in [0.4, 0.5) is 0 Å². The highest BCUT2D eigenvalue weighted by Crippen LogP contribution is 2.35. The van der Waals surface area contributed by atoms with Crippen LogP contribution in [0.25, 0.3) is 11.3 Å². The number of ether oxygens (including phenoxy) is 1. The summed E-state index contributed by atoms with van der Waals surface area (Å²) >= 11 is 5.93. The van der Waals surface area contributed by atoms with Crippen molar-refractivity contribution >= 4 is 23.5 Å².